The van der Waals surface area contributed by atoms with Crippen LogP contribution in [-0.2, 0) is 0 Å². The van der Waals surface area contributed by atoms with E-state index in [0.717, 1.165) is 0 Å². The summed E-state index contributed by atoms with van der Waals surface area (Å²) >= 11 is 5.88. The maximum absolute atomic E-state index is 11.9. The van der Waals surface area contributed by atoms with E-state index < -0.39 is 0 Å². The minimum Gasteiger partial charge on any atom is -0.490 e. The summed E-state index contributed by atoms with van der Waals surface area (Å²) in [6.45, 7) is 0.776. The number of rotatable bonds is 6. The van der Waals surface area contributed by atoms with Crippen LogP contribution in [0.25, 0.3) is 0 Å². The van der Waals surface area contributed by atoms with Gasteiger partial charge in [0.1, 0.15) is 24.7 Å². The molecule has 0 radical (unpaired) electrons. The Labute approximate surface area is 135 Å². The minimum absolute atomic E-state index is 0.0550. The van der Waals surface area contributed by atoms with Crippen LogP contribution in [-0.4, -0.2) is 38.1 Å². The predicted molar refractivity (Wildman–Crippen MR) is 86.9 cm³/mol. The van der Waals surface area contributed by atoms with Gasteiger partial charge in [-0.1, -0.05) is 23.7 Å². The molecule has 5 heteroatoms. The molecule has 0 saturated carbocycles. The van der Waals surface area contributed by atoms with Crippen molar-refractivity contribution in [3.63, 3.8) is 0 Å². The van der Waals surface area contributed by atoms with E-state index in [1.807, 2.05) is 18.2 Å². The van der Waals surface area contributed by atoms with Crippen molar-refractivity contribution in [3.8, 4) is 11.5 Å². The Morgan fingerprint density at radius 2 is 1.59 bits per heavy atom. The number of ether oxygens (including phenoxy) is 2. The van der Waals surface area contributed by atoms with Crippen LogP contribution in [0.4, 0.5) is 0 Å². The second-order valence-corrected chi connectivity index (χ2v) is 5.32. The van der Waals surface area contributed by atoms with Crippen molar-refractivity contribution < 1.29 is 14.3 Å². The highest BCUT2D eigenvalue weighted by Gasteiger charge is 2.08. The molecule has 1 amide bonds. The molecule has 0 atom stereocenters. The van der Waals surface area contributed by atoms with Gasteiger partial charge < -0.3 is 14.4 Å². The van der Waals surface area contributed by atoms with Crippen molar-refractivity contribution in [3.05, 3.63) is 59.1 Å². The molecule has 4 nitrogen and oxygen atoms in total. The molecule has 0 aliphatic heterocycles. The van der Waals surface area contributed by atoms with Crippen LogP contribution < -0.4 is 9.47 Å². The highest BCUT2D eigenvalue weighted by Crippen LogP contribution is 2.17. The maximum atomic E-state index is 11.9. The molecule has 0 fully saturated rings. The number of amides is 1. The Morgan fingerprint density at radius 1 is 1.00 bits per heavy atom. The number of benzene rings is 2. The molecule has 2 rings (SSSR count). The summed E-state index contributed by atoms with van der Waals surface area (Å²) < 4.78 is 11.1. The van der Waals surface area contributed by atoms with Gasteiger partial charge in [-0.05, 0) is 36.4 Å². The summed E-state index contributed by atoms with van der Waals surface area (Å²) in [4.78, 5) is 13.4. The standard InChI is InChI=1S/C17H18ClNO3/c1-19(2)17(20)13-5-3-7-15(11-13)21-9-10-22-16-8-4-6-14(18)12-16/h3-8,11-12H,9-10H2,1-2H3. The van der Waals surface area contributed by atoms with Gasteiger partial charge >= 0.3 is 0 Å². The van der Waals surface area contributed by atoms with Crippen LogP contribution in [0.2, 0.25) is 5.02 Å². The summed E-state index contributed by atoms with van der Waals surface area (Å²) in [5.74, 6) is 1.29. The Hall–Kier alpha value is -2.20. The monoisotopic (exact) mass is 319 g/mol. The summed E-state index contributed by atoms with van der Waals surface area (Å²) in [6, 6.07) is 14.3. The lowest BCUT2D eigenvalue weighted by Crippen LogP contribution is -2.21. The first kappa shape index (κ1) is 16.2. The van der Waals surface area contributed by atoms with Gasteiger partial charge in [0, 0.05) is 24.7 Å². The van der Waals surface area contributed by atoms with Gasteiger partial charge in [-0.15, -0.1) is 0 Å². The van der Waals surface area contributed by atoms with Crippen LogP contribution in [0.1, 0.15) is 10.4 Å². The molecule has 0 N–H and O–H groups in total. The SMILES string of the molecule is CN(C)C(=O)c1cccc(OCCOc2cccc(Cl)c2)c1. The average molecular weight is 320 g/mol. The molecule has 0 aliphatic rings. The van der Waals surface area contributed by atoms with Crippen molar-refractivity contribution in [1.82, 2.24) is 4.90 Å². The van der Waals surface area contributed by atoms with E-state index in [1.165, 1.54) is 4.90 Å². The van der Waals surface area contributed by atoms with Crippen LogP contribution >= 0.6 is 11.6 Å². The predicted octanol–water partition coefficient (Wildman–Crippen LogP) is 3.50. The lowest BCUT2D eigenvalue weighted by Gasteiger charge is -2.12. The van der Waals surface area contributed by atoms with Crippen LogP contribution in [0.5, 0.6) is 11.5 Å². The van der Waals surface area contributed by atoms with Crippen LogP contribution in [0.3, 0.4) is 0 Å². The second-order valence-electron chi connectivity index (χ2n) is 4.88. The Bertz CT molecular complexity index is 643. The smallest absolute Gasteiger partial charge is 0.253 e. The first-order valence-electron chi connectivity index (χ1n) is 6.89. The van der Waals surface area contributed by atoms with E-state index in [0.29, 0.717) is 35.3 Å². The van der Waals surface area contributed by atoms with Crippen LogP contribution in [0.15, 0.2) is 48.5 Å². The van der Waals surface area contributed by atoms with Crippen molar-refractivity contribution in [1.29, 1.82) is 0 Å². The second kappa shape index (κ2) is 7.71. The zero-order valence-corrected chi connectivity index (χ0v) is 13.3. The first-order chi connectivity index (χ1) is 10.6. The third-order valence-corrected chi connectivity index (χ3v) is 3.14. The largest absolute Gasteiger partial charge is 0.490 e. The molecule has 2 aromatic carbocycles. The number of hydrogen-bond acceptors (Lipinski definition) is 3. The Morgan fingerprint density at radius 3 is 2.18 bits per heavy atom. The molecular weight excluding hydrogens is 302 g/mol. The molecule has 0 bridgehead atoms. The van der Waals surface area contributed by atoms with Crippen molar-refractivity contribution in [2.75, 3.05) is 27.3 Å². The molecular formula is C17H18ClNO3. The van der Waals surface area contributed by atoms with Crippen molar-refractivity contribution in [2.45, 2.75) is 0 Å². The number of halogens is 1. The molecule has 2 aromatic rings. The summed E-state index contributed by atoms with van der Waals surface area (Å²) in [7, 11) is 3.43. The quantitative estimate of drug-likeness (QED) is 0.765. The highest BCUT2D eigenvalue weighted by molar-refractivity contribution is 6.30. The molecule has 0 unspecified atom stereocenters. The molecule has 116 valence electrons. The topological polar surface area (TPSA) is 38.8 Å². The third-order valence-electron chi connectivity index (χ3n) is 2.90. The van der Waals surface area contributed by atoms with Gasteiger partial charge in [0.05, 0.1) is 0 Å². The zero-order chi connectivity index (χ0) is 15.9. The summed E-state index contributed by atoms with van der Waals surface area (Å²) in [5, 5.41) is 0.633. The number of carbonyl (C=O) groups excluding carboxylic acids is 1. The van der Waals surface area contributed by atoms with E-state index in [1.54, 1.807) is 44.4 Å². The first-order valence-corrected chi connectivity index (χ1v) is 7.27. The van der Waals surface area contributed by atoms with Gasteiger partial charge in [-0.2, -0.15) is 0 Å². The molecule has 0 aliphatic carbocycles. The van der Waals surface area contributed by atoms with Gasteiger partial charge in [0.25, 0.3) is 5.91 Å². The Kier molecular flexibility index (Phi) is 5.67. The van der Waals surface area contributed by atoms with Gasteiger partial charge in [-0.25, -0.2) is 0 Å². The average Bonchev–Trinajstić information content (AvgIpc) is 2.51. The highest BCUT2D eigenvalue weighted by atomic mass is 35.5. The third kappa shape index (κ3) is 4.67. The van der Waals surface area contributed by atoms with E-state index in [9.17, 15) is 4.79 Å². The minimum atomic E-state index is -0.0550. The van der Waals surface area contributed by atoms with Crippen molar-refractivity contribution in [2.24, 2.45) is 0 Å². The zero-order valence-electron chi connectivity index (χ0n) is 12.6. The fourth-order valence-corrected chi connectivity index (χ4v) is 2.03. The summed E-state index contributed by atoms with van der Waals surface area (Å²) in [6.07, 6.45) is 0. The van der Waals surface area contributed by atoms with E-state index in [2.05, 4.69) is 0 Å². The lowest BCUT2D eigenvalue weighted by molar-refractivity contribution is 0.0827. The fraction of sp³-hybridized carbons (Fsp3) is 0.235. The van der Waals surface area contributed by atoms with Gasteiger partial charge in [0.15, 0.2) is 0 Å². The number of hydrogen-bond donors (Lipinski definition) is 0. The Balaban J connectivity index is 1.84. The van der Waals surface area contributed by atoms with Crippen LogP contribution in [0, 0.1) is 0 Å². The van der Waals surface area contributed by atoms with Gasteiger partial charge in [-0.3, -0.25) is 4.79 Å². The lowest BCUT2D eigenvalue weighted by atomic mass is 10.2. The van der Waals surface area contributed by atoms with E-state index >= 15 is 0 Å². The van der Waals surface area contributed by atoms with Crippen molar-refractivity contribution >= 4 is 17.5 Å². The molecule has 0 saturated heterocycles. The fourth-order valence-electron chi connectivity index (χ4n) is 1.85. The van der Waals surface area contributed by atoms with E-state index in [4.69, 9.17) is 21.1 Å². The molecule has 0 heterocycles. The van der Waals surface area contributed by atoms with Gasteiger partial charge in [0.2, 0.25) is 0 Å². The van der Waals surface area contributed by atoms with E-state index in [-0.39, 0.29) is 5.91 Å². The maximum Gasteiger partial charge on any atom is 0.253 e. The normalized spacial score (nSPS) is 10.1. The summed E-state index contributed by atoms with van der Waals surface area (Å²) in [5.41, 5.74) is 0.596. The molecule has 22 heavy (non-hydrogen) atoms. The number of carbonyl (C=O) groups is 1. The molecule has 0 spiro atoms. The number of nitrogens with zero attached hydrogens (tertiary/aromatic N) is 1. The molecule has 0 aromatic heterocycles.